The first kappa shape index (κ1) is 70.1. The summed E-state index contributed by atoms with van der Waals surface area (Å²) in [6, 6.07) is 36.6. The van der Waals surface area contributed by atoms with E-state index in [-0.39, 0.29) is 86.6 Å². The van der Waals surface area contributed by atoms with Crippen LogP contribution in [0.15, 0.2) is 121 Å². The summed E-state index contributed by atoms with van der Waals surface area (Å²) in [6.07, 6.45) is -0.613. The Bertz CT molecular complexity index is 5400. The summed E-state index contributed by atoms with van der Waals surface area (Å²) in [5.74, 6) is -2.49. The van der Waals surface area contributed by atoms with Crippen LogP contribution in [0.25, 0.3) is 43.1 Å². The first-order chi connectivity index (χ1) is 48.4. The van der Waals surface area contributed by atoms with Crippen LogP contribution in [0, 0.1) is 0 Å². The van der Waals surface area contributed by atoms with Gasteiger partial charge in [0.05, 0.1) is 22.5 Å². The molecule has 10 aromatic rings. The number of anilines is 3. The van der Waals surface area contributed by atoms with Crippen molar-refractivity contribution in [3.63, 3.8) is 0 Å². The van der Waals surface area contributed by atoms with Crippen LogP contribution in [0.2, 0.25) is 0 Å². The van der Waals surface area contributed by atoms with Gasteiger partial charge in [-0.3, -0.25) is 33.6 Å². The van der Waals surface area contributed by atoms with Crippen molar-refractivity contribution in [1.82, 2.24) is 10.6 Å². The molecule has 4 heterocycles. The number of rotatable bonds is 9. The van der Waals surface area contributed by atoms with E-state index < -0.39 is 85.6 Å². The summed E-state index contributed by atoms with van der Waals surface area (Å²) < 4.78 is 25.0. The molecule has 0 radical (unpaired) electrons. The van der Waals surface area contributed by atoms with E-state index in [0.29, 0.717) is 59.9 Å². The van der Waals surface area contributed by atoms with Crippen molar-refractivity contribution in [1.29, 1.82) is 0 Å². The SMILES string of the molecule is CC(=O)Oc1cccc(NC(=O)c2cc(C(C)(C)C)cc3c2Oc2c(N4C(=O)c5ccc6c7ccc8c9c(ccc(c%10ccc(c5c6%10)C4=O)c97)C(=O)N(c4cc(C(C)(C)C)cc5c4Oc4c(C(=O)NCCNC(=O)OC(C)(C)C)cc(C(C)(C)C)cc4C5(C)C)C8=O)cc(C(C)(C)C)cc2C3(C)C)c1. The fourth-order valence-electron chi connectivity index (χ4n) is 15.1. The number of ether oxygens (including phenoxy) is 4. The van der Waals surface area contributed by atoms with E-state index in [4.69, 9.17) is 18.9 Å². The lowest BCUT2D eigenvalue weighted by atomic mass is 9.71. The summed E-state index contributed by atoms with van der Waals surface area (Å²) in [7, 11) is 0. The molecule has 0 aliphatic carbocycles. The van der Waals surface area contributed by atoms with Gasteiger partial charge in [0.2, 0.25) is 0 Å². The number of hydrogen-bond donors (Lipinski definition) is 3. The van der Waals surface area contributed by atoms with Crippen molar-refractivity contribution in [2.45, 2.75) is 177 Å². The molecule has 4 aliphatic rings. The average molecular weight is 1390 g/mol. The van der Waals surface area contributed by atoms with Crippen molar-refractivity contribution in [3.05, 3.63) is 199 Å². The number of carbonyl (C=O) groups is 8. The molecule has 4 aliphatic heterocycles. The summed E-state index contributed by atoms with van der Waals surface area (Å²) in [4.78, 5) is 120. The maximum atomic E-state index is 15.9. The Kier molecular flexibility index (Phi) is 15.9. The third-order valence-electron chi connectivity index (χ3n) is 20.9. The first-order valence-corrected chi connectivity index (χ1v) is 35.4. The van der Waals surface area contributed by atoms with Gasteiger partial charge in [-0.2, -0.15) is 0 Å². The Morgan fingerprint density at radius 3 is 1.14 bits per heavy atom. The third kappa shape index (κ3) is 11.4. The van der Waals surface area contributed by atoms with Crippen molar-refractivity contribution < 1.29 is 57.3 Å². The molecule has 14 rings (SSSR count). The highest BCUT2D eigenvalue weighted by atomic mass is 16.6. The second-order valence-electron chi connectivity index (χ2n) is 34.3. The van der Waals surface area contributed by atoms with Crippen LogP contribution in [-0.4, -0.2) is 66.2 Å². The number of carbonyl (C=O) groups excluding carboxylic acids is 8. The van der Waals surface area contributed by atoms with Crippen molar-refractivity contribution in [2.75, 3.05) is 28.2 Å². The Hall–Kier alpha value is -10.9. The number of amides is 7. The van der Waals surface area contributed by atoms with Gasteiger partial charge >= 0.3 is 12.1 Å². The number of hydrogen-bond acceptors (Lipinski definition) is 12. The number of esters is 1. The van der Waals surface area contributed by atoms with E-state index in [2.05, 4.69) is 151 Å². The van der Waals surface area contributed by atoms with Gasteiger partial charge in [0.1, 0.15) is 22.8 Å². The summed E-state index contributed by atoms with van der Waals surface area (Å²) in [5, 5.41) is 13.7. The summed E-state index contributed by atoms with van der Waals surface area (Å²) >= 11 is 0. The van der Waals surface area contributed by atoms with Gasteiger partial charge < -0.3 is 34.9 Å². The number of alkyl carbamates (subject to hydrolysis) is 1. The fourth-order valence-corrected chi connectivity index (χ4v) is 15.1. The molecule has 532 valence electrons. The molecule has 10 aromatic carbocycles. The number of fused-ring (bicyclic) bond motifs is 6. The van der Waals surface area contributed by atoms with Crippen LogP contribution in [0.3, 0.4) is 0 Å². The highest BCUT2D eigenvalue weighted by molar-refractivity contribution is 6.45. The number of imide groups is 2. The van der Waals surface area contributed by atoms with Gasteiger partial charge in [-0.15, -0.1) is 0 Å². The normalized spacial score (nSPS) is 15.3. The second kappa shape index (κ2) is 23.5. The fraction of sp³-hybridized carbons (Fsp3) is 0.333. The zero-order valence-corrected chi connectivity index (χ0v) is 62.8. The molecular formula is C87H87N5O12. The molecule has 0 bridgehead atoms. The van der Waals surface area contributed by atoms with Gasteiger partial charge in [-0.1, -0.05) is 165 Å². The minimum Gasteiger partial charge on any atom is -0.454 e. The van der Waals surface area contributed by atoms with Gasteiger partial charge in [0, 0.05) is 97.9 Å². The predicted octanol–water partition coefficient (Wildman–Crippen LogP) is 18.8. The molecule has 0 atom stereocenters. The maximum absolute atomic E-state index is 15.9. The number of nitrogens with zero attached hydrogens (tertiary/aromatic N) is 2. The van der Waals surface area contributed by atoms with E-state index in [1.165, 1.54) is 16.7 Å². The lowest BCUT2D eigenvalue weighted by molar-refractivity contribution is -0.131. The van der Waals surface area contributed by atoms with E-state index in [0.717, 1.165) is 33.4 Å². The Labute approximate surface area is 605 Å². The van der Waals surface area contributed by atoms with Crippen LogP contribution in [0.5, 0.6) is 28.7 Å². The minimum absolute atomic E-state index is 0.0762. The molecule has 104 heavy (non-hydrogen) atoms. The molecule has 0 unspecified atom stereocenters. The lowest BCUT2D eigenvalue weighted by Crippen LogP contribution is -2.42. The van der Waals surface area contributed by atoms with E-state index in [1.807, 2.05) is 48.5 Å². The van der Waals surface area contributed by atoms with E-state index in [9.17, 15) is 19.2 Å². The molecule has 3 N–H and O–H groups in total. The van der Waals surface area contributed by atoms with Gasteiger partial charge in [-0.25, -0.2) is 14.6 Å². The Morgan fingerprint density at radius 1 is 0.423 bits per heavy atom. The molecule has 0 fully saturated rings. The monoisotopic (exact) mass is 1390 g/mol. The zero-order valence-electron chi connectivity index (χ0n) is 62.8. The molecule has 17 nitrogen and oxygen atoms in total. The van der Waals surface area contributed by atoms with E-state index >= 15 is 19.2 Å². The van der Waals surface area contributed by atoms with Gasteiger partial charge in [0.25, 0.3) is 35.4 Å². The summed E-state index contributed by atoms with van der Waals surface area (Å²) in [5.41, 5.74) is 4.46. The standard InChI is InChI=1S/C87H87N5O12/c1-43(93)101-49-23-21-22-48(42-49)90-75(95)59-35-45(82(5,6)7)37-61-71(59)103-73-63(87(61,19)20)39-47(84(11,12)13)41-65(73)92-78(98)56-30-26-52-50-24-28-54-68-55(29-25-51(66(50)68)53-27-31-57(79(92)99)69(56)67(52)53)77(97)91(76(54)96)64-40-46(83(8,9)10)38-62-72(64)102-70-58(34-44(81(2,3)4)36-60(70)86(62,17)18)74(94)88-32-33-89-80(100)104-85(14,15)16/h21-31,34-42H,32-33H2,1-20H3,(H,88,94)(H,89,100)(H,90,95). The van der Waals surface area contributed by atoms with Gasteiger partial charge in [0.15, 0.2) is 11.5 Å². The molecular weight excluding hydrogens is 1310 g/mol. The molecule has 0 saturated carbocycles. The molecule has 0 saturated heterocycles. The Morgan fingerprint density at radius 2 is 0.779 bits per heavy atom. The van der Waals surface area contributed by atoms with Gasteiger partial charge in [-0.05, 0) is 158 Å². The third-order valence-corrected chi connectivity index (χ3v) is 20.9. The highest BCUT2D eigenvalue weighted by Gasteiger charge is 2.48. The number of nitrogens with one attached hydrogen (secondary N) is 3. The second-order valence-corrected chi connectivity index (χ2v) is 34.3. The largest absolute Gasteiger partial charge is 0.454 e. The van der Waals surface area contributed by atoms with Crippen LogP contribution in [-0.2, 0) is 42.0 Å². The predicted molar refractivity (Wildman–Crippen MR) is 407 cm³/mol. The van der Waals surface area contributed by atoms with Crippen molar-refractivity contribution >= 4 is 108 Å². The average Bonchev–Trinajstić information content (AvgIpc) is 0.690. The lowest BCUT2D eigenvalue weighted by Gasteiger charge is -2.40. The van der Waals surface area contributed by atoms with Crippen molar-refractivity contribution in [3.8, 4) is 28.7 Å². The quantitative estimate of drug-likeness (QED) is 0.0307. The van der Waals surface area contributed by atoms with Crippen LogP contribution in [0.1, 0.15) is 245 Å². The Balaban J connectivity index is 0.860. The molecule has 0 aromatic heterocycles. The molecule has 7 amide bonds. The minimum atomic E-state index is -0.877. The van der Waals surface area contributed by atoms with E-state index in [1.54, 1.807) is 69.3 Å². The topological polar surface area (TPSA) is 216 Å². The highest BCUT2D eigenvalue weighted by Crippen LogP contribution is 2.59. The maximum Gasteiger partial charge on any atom is 0.407 e. The summed E-state index contributed by atoms with van der Waals surface area (Å²) in [6.45, 7) is 39.9. The van der Waals surface area contributed by atoms with Crippen LogP contribution >= 0.6 is 0 Å². The number of benzene rings is 10. The van der Waals surface area contributed by atoms with Crippen LogP contribution in [0.4, 0.5) is 21.9 Å². The van der Waals surface area contributed by atoms with Crippen molar-refractivity contribution in [2.24, 2.45) is 0 Å². The first-order valence-electron chi connectivity index (χ1n) is 35.4. The zero-order chi connectivity index (χ0) is 75.1. The molecule has 0 spiro atoms. The smallest absolute Gasteiger partial charge is 0.407 e. The van der Waals surface area contributed by atoms with Crippen LogP contribution < -0.4 is 40.0 Å². The molecule has 17 heteroatoms.